The molecule has 88 valence electrons. The van der Waals surface area contributed by atoms with E-state index in [9.17, 15) is 0 Å². The van der Waals surface area contributed by atoms with Crippen molar-refractivity contribution in [2.45, 2.75) is 13.5 Å². The highest BCUT2D eigenvalue weighted by molar-refractivity contribution is 9.10. The molecule has 0 spiro atoms. The predicted molar refractivity (Wildman–Crippen MR) is 71.1 cm³/mol. The van der Waals surface area contributed by atoms with Gasteiger partial charge in [0.15, 0.2) is 0 Å². The number of ether oxygens (including phenoxy) is 1. The fraction of sp³-hybridized carbons (Fsp3) is 0.154. The summed E-state index contributed by atoms with van der Waals surface area (Å²) in [6.45, 7) is 2.36. The van der Waals surface area contributed by atoms with Crippen molar-refractivity contribution in [2.24, 2.45) is 5.73 Å². The first kappa shape index (κ1) is 12.1. The van der Waals surface area contributed by atoms with E-state index in [0.29, 0.717) is 6.54 Å². The number of aromatic nitrogens is 1. The Morgan fingerprint density at radius 1 is 1.29 bits per heavy atom. The summed E-state index contributed by atoms with van der Waals surface area (Å²) in [6.07, 6.45) is 1.74. The van der Waals surface area contributed by atoms with Gasteiger partial charge in [-0.3, -0.25) is 4.98 Å². The van der Waals surface area contributed by atoms with Gasteiger partial charge in [0.05, 0.1) is 5.69 Å². The summed E-state index contributed by atoms with van der Waals surface area (Å²) in [4.78, 5) is 4.19. The molecule has 0 amide bonds. The van der Waals surface area contributed by atoms with Gasteiger partial charge in [-0.05, 0) is 31.2 Å². The molecule has 0 bridgehead atoms. The van der Waals surface area contributed by atoms with Crippen LogP contribution >= 0.6 is 15.9 Å². The summed E-state index contributed by atoms with van der Waals surface area (Å²) in [7, 11) is 0. The second kappa shape index (κ2) is 5.29. The number of hydrogen-bond donors (Lipinski definition) is 1. The van der Waals surface area contributed by atoms with Crippen molar-refractivity contribution in [3.05, 3.63) is 52.3 Å². The molecular weight excluding hydrogens is 280 g/mol. The summed E-state index contributed by atoms with van der Waals surface area (Å²) in [6, 6.07) is 9.55. The highest BCUT2D eigenvalue weighted by Gasteiger charge is 2.06. The van der Waals surface area contributed by atoms with Crippen molar-refractivity contribution in [1.82, 2.24) is 4.98 Å². The fourth-order valence-electron chi connectivity index (χ4n) is 1.49. The van der Waals surface area contributed by atoms with Crippen molar-refractivity contribution in [3.63, 3.8) is 0 Å². The van der Waals surface area contributed by atoms with Gasteiger partial charge in [0.1, 0.15) is 11.5 Å². The molecule has 0 aliphatic rings. The largest absolute Gasteiger partial charge is 0.455 e. The van der Waals surface area contributed by atoms with Crippen LogP contribution < -0.4 is 10.5 Å². The monoisotopic (exact) mass is 292 g/mol. The van der Waals surface area contributed by atoms with Crippen molar-refractivity contribution in [2.75, 3.05) is 0 Å². The van der Waals surface area contributed by atoms with Crippen LogP contribution in [0.4, 0.5) is 0 Å². The molecule has 1 aromatic carbocycles. The summed E-state index contributed by atoms with van der Waals surface area (Å²) >= 11 is 3.42. The van der Waals surface area contributed by atoms with Crippen molar-refractivity contribution in [1.29, 1.82) is 0 Å². The number of halogens is 1. The number of pyridine rings is 1. The Morgan fingerprint density at radius 3 is 2.82 bits per heavy atom. The van der Waals surface area contributed by atoms with Gasteiger partial charge >= 0.3 is 0 Å². The van der Waals surface area contributed by atoms with Gasteiger partial charge in [0.2, 0.25) is 0 Å². The lowest BCUT2D eigenvalue weighted by Crippen LogP contribution is -2.00. The molecule has 0 radical (unpaired) electrons. The second-order valence-corrected chi connectivity index (χ2v) is 4.56. The van der Waals surface area contributed by atoms with Gasteiger partial charge in [-0.1, -0.05) is 22.0 Å². The van der Waals surface area contributed by atoms with E-state index in [1.165, 1.54) is 0 Å². The Balaban J connectivity index is 2.35. The third-order valence-electron chi connectivity index (χ3n) is 2.43. The normalized spacial score (nSPS) is 10.3. The summed E-state index contributed by atoms with van der Waals surface area (Å²) in [5, 5.41) is 0. The molecule has 0 aliphatic heterocycles. The molecule has 3 nitrogen and oxygen atoms in total. The van der Waals surface area contributed by atoms with Crippen molar-refractivity contribution < 1.29 is 4.74 Å². The zero-order valence-corrected chi connectivity index (χ0v) is 11.1. The molecule has 0 atom stereocenters. The Morgan fingerprint density at radius 2 is 2.12 bits per heavy atom. The van der Waals surface area contributed by atoms with Crippen LogP contribution in [0.2, 0.25) is 0 Å². The van der Waals surface area contributed by atoms with Crippen LogP contribution in [0.15, 0.2) is 41.0 Å². The molecular formula is C13H13BrN2O. The van der Waals surface area contributed by atoms with Gasteiger partial charge < -0.3 is 10.5 Å². The minimum absolute atomic E-state index is 0.446. The average molecular weight is 293 g/mol. The van der Waals surface area contributed by atoms with Crippen LogP contribution in [0.1, 0.15) is 11.3 Å². The van der Waals surface area contributed by atoms with E-state index in [-0.39, 0.29) is 0 Å². The van der Waals surface area contributed by atoms with Gasteiger partial charge in [0, 0.05) is 22.8 Å². The topological polar surface area (TPSA) is 48.1 Å². The zero-order chi connectivity index (χ0) is 12.3. The van der Waals surface area contributed by atoms with Crippen molar-refractivity contribution >= 4 is 15.9 Å². The van der Waals surface area contributed by atoms with Crippen LogP contribution in [0.3, 0.4) is 0 Å². The highest BCUT2D eigenvalue weighted by atomic mass is 79.9. The minimum Gasteiger partial charge on any atom is -0.455 e. The Bertz CT molecular complexity index is 529. The molecule has 1 aromatic heterocycles. The Kier molecular flexibility index (Phi) is 3.76. The average Bonchev–Trinajstić information content (AvgIpc) is 2.32. The molecule has 17 heavy (non-hydrogen) atoms. The van der Waals surface area contributed by atoms with E-state index in [2.05, 4.69) is 20.9 Å². The predicted octanol–water partition coefficient (Wildman–Crippen LogP) is 3.40. The quantitative estimate of drug-likeness (QED) is 0.943. The van der Waals surface area contributed by atoms with E-state index < -0.39 is 0 Å². The molecule has 4 heteroatoms. The molecule has 2 N–H and O–H groups in total. The first-order valence-corrected chi connectivity index (χ1v) is 6.08. The van der Waals surface area contributed by atoms with E-state index in [4.69, 9.17) is 10.5 Å². The number of hydrogen-bond acceptors (Lipinski definition) is 3. The molecule has 0 unspecified atom stereocenters. The van der Waals surface area contributed by atoms with E-state index >= 15 is 0 Å². The summed E-state index contributed by atoms with van der Waals surface area (Å²) in [5.41, 5.74) is 7.51. The molecule has 2 aromatic rings. The first-order valence-electron chi connectivity index (χ1n) is 5.28. The zero-order valence-electron chi connectivity index (χ0n) is 9.48. The molecule has 0 saturated heterocycles. The number of nitrogens with two attached hydrogens (primary N) is 1. The third kappa shape index (κ3) is 2.84. The van der Waals surface area contributed by atoms with Crippen LogP contribution in [0.5, 0.6) is 11.5 Å². The maximum atomic E-state index is 5.84. The van der Waals surface area contributed by atoms with Gasteiger partial charge in [-0.2, -0.15) is 0 Å². The van der Waals surface area contributed by atoms with Crippen LogP contribution in [0, 0.1) is 6.92 Å². The number of nitrogens with zero attached hydrogens (tertiary/aromatic N) is 1. The Labute approximate surface area is 109 Å². The number of aryl methyl sites for hydroxylation is 1. The Hall–Kier alpha value is -1.39. The lowest BCUT2D eigenvalue weighted by atomic mass is 10.2. The molecule has 1 heterocycles. The fourth-order valence-corrected chi connectivity index (χ4v) is 1.83. The molecule has 0 fully saturated rings. The standard InChI is InChI=1S/C13H13BrN2O/c1-9-12(3-2-6-16-9)17-13-7-11(14)5-4-10(13)8-15/h2-7H,8,15H2,1H3. The lowest BCUT2D eigenvalue weighted by molar-refractivity contribution is 0.469. The summed E-state index contributed by atoms with van der Waals surface area (Å²) < 4.78 is 6.80. The van der Waals surface area contributed by atoms with E-state index in [0.717, 1.165) is 27.2 Å². The SMILES string of the molecule is Cc1ncccc1Oc1cc(Br)ccc1CN. The van der Waals surface area contributed by atoms with Crippen molar-refractivity contribution in [3.8, 4) is 11.5 Å². The third-order valence-corrected chi connectivity index (χ3v) is 2.92. The minimum atomic E-state index is 0.446. The van der Waals surface area contributed by atoms with Crippen LogP contribution in [-0.2, 0) is 6.54 Å². The smallest absolute Gasteiger partial charge is 0.148 e. The van der Waals surface area contributed by atoms with E-state index in [1.807, 2.05) is 37.3 Å². The lowest BCUT2D eigenvalue weighted by Gasteiger charge is -2.11. The van der Waals surface area contributed by atoms with E-state index in [1.54, 1.807) is 6.20 Å². The number of rotatable bonds is 3. The second-order valence-electron chi connectivity index (χ2n) is 3.65. The first-order chi connectivity index (χ1) is 8.20. The maximum Gasteiger partial charge on any atom is 0.148 e. The molecule has 0 saturated carbocycles. The maximum absolute atomic E-state index is 5.84. The molecule has 2 rings (SSSR count). The van der Waals surface area contributed by atoms with Crippen LogP contribution in [-0.4, -0.2) is 4.98 Å². The number of benzene rings is 1. The summed E-state index contributed by atoms with van der Waals surface area (Å²) in [5.74, 6) is 1.51. The highest BCUT2D eigenvalue weighted by Crippen LogP contribution is 2.29. The van der Waals surface area contributed by atoms with Gasteiger partial charge in [-0.15, -0.1) is 0 Å². The molecule has 0 aliphatic carbocycles. The van der Waals surface area contributed by atoms with Gasteiger partial charge in [0.25, 0.3) is 0 Å². The van der Waals surface area contributed by atoms with Gasteiger partial charge in [-0.25, -0.2) is 0 Å². The van der Waals surface area contributed by atoms with Crippen LogP contribution in [0.25, 0.3) is 0 Å².